The fourth-order valence-corrected chi connectivity index (χ4v) is 3.48. The van der Waals surface area contributed by atoms with Gasteiger partial charge in [0.15, 0.2) is 0 Å². The van der Waals surface area contributed by atoms with Crippen LogP contribution in [0.15, 0.2) is 55.1 Å². The average Bonchev–Trinajstić information content (AvgIpc) is 3.03. The van der Waals surface area contributed by atoms with Crippen LogP contribution in [-0.4, -0.2) is 19.7 Å². The molecule has 0 amide bonds. The number of rotatable bonds is 4. The molecule has 0 N–H and O–H groups in total. The van der Waals surface area contributed by atoms with Gasteiger partial charge in [0.1, 0.15) is 5.52 Å². The van der Waals surface area contributed by atoms with Crippen LogP contribution in [-0.2, 0) is 12.5 Å². The summed E-state index contributed by atoms with van der Waals surface area (Å²) >= 11 is 11.9. The Balaban J connectivity index is 1.76. The molecule has 3 heterocycles. The summed E-state index contributed by atoms with van der Waals surface area (Å²) in [5.41, 5.74) is 3.45. The van der Waals surface area contributed by atoms with E-state index < -0.39 is 5.92 Å². The molecule has 28 heavy (non-hydrogen) atoms. The maximum absolute atomic E-state index is 13.8. The molecule has 0 aliphatic carbocycles. The van der Waals surface area contributed by atoms with Gasteiger partial charge in [0, 0.05) is 41.7 Å². The molecule has 142 valence electrons. The van der Waals surface area contributed by atoms with Gasteiger partial charge in [-0.1, -0.05) is 29.3 Å². The largest absolute Gasteiger partial charge is 0.271 e. The van der Waals surface area contributed by atoms with Gasteiger partial charge in [-0.05, 0) is 35.4 Å². The van der Waals surface area contributed by atoms with Gasteiger partial charge in [0.2, 0.25) is 0 Å². The Morgan fingerprint density at radius 3 is 2.57 bits per heavy atom. The number of pyridine rings is 2. The Morgan fingerprint density at radius 1 is 1.00 bits per heavy atom. The summed E-state index contributed by atoms with van der Waals surface area (Å²) in [6.07, 6.45) is 6.57. The molecule has 0 saturated carbocycles. The minimum Gasteiger partial charge on any atom is -0.263 e. The smallest absolute Gasteiger partial charge is 0.263 e. The first-order valence-electron chi connectivity index (χ1n) is 8.40. The van der Waals surface area contributed by atoms with Gasteiger partial charge in [-0.3, -0.25) is 14.6 Å². The van der Waals surface area contributed by atoms with Gasteiger partial charge in [0.25, 0.3) is 5.92 Å². The van der Waals surface area contributed by atoms with Crippen LogP contribution in [0.2, 0.25) is 10.0 Å². The number of nitrogens with zero attached hydrogens (tertiary/aromatic N) is 4. The third kappa shape index (κ3) is 3.70. The van der Waals surface area contributed by atoms with Crippen molar-refractivity contribution < 1.29 is 8.78 Å². The van der Waals surface area contributed by atoms with Crippen LogP contribution in [0.1, 0.15) is 18.1 Å². The summed E-state index contributed by atoms with van der Waals surface area (Å²) in [5.74, 6) is -3.04. The number of benzene rings is 1. The Bertz CT molecular complexity index is 1170. The molecule has 0 atom stereocenters. The molecule has 8 heteroatoms. The fraction of sp³-hybridized carbons (Fsp3) is 0.150. The van der Waals surface area contributed by atoms with Crippen LogP contribution in [0.4, 0.5) is 8.78 Å². The van der Waals surface area contributed by atoms with Crippen molar-refractivity contribution in [2.45, 2.75) is 19.4 Å². The molecule has 4 nitrogen and oxygen atoms in total. The standard InChI is InChI=1S/C20H14Cl2F2N4/c1-20(23,24)16-5-13(2-3-17(16)22)14-6-19-18(26-8-14)10-27-28(19)11-12-4-15(21)9-25-7-12/h2-10H,11H2,1H3. The highest BCUT2D eigenvalue weighted by Gasteiger charge is 2.27. The molecular weight excluding hydrogens is 405 g/mol. The van der Waals surface area contributed by atoms with E-state index in [4.69, 9.17) is 23.2 Å². The van der Waals surface area contributed by atoms with E-state index in [2.05, 4.69) is 15.1 Å². The van der Waals surface area contributed by atoms with Gasteiger partial charge >= 0.3 is 0 Å². The van der Waals surface area contributed by atoms with Gasteiger partial charge < -0.3 is 0 Å². The number of halogens is 4. The first-order chi connectivity index (χ1) is 13.3. The number of hydrogen-bond donors (Lipinski definition) is 0. The lowest BCUT2D eigenvalue weighted by Gasteiger charge is -2.14. The second-order valence-corrected chi connectivity index (χ2v) is 7.37. The van der Waals surface area contributed by atoms with Crippen molar-refractivity contribution in [2.24, 2.45) is 0 Å². The minimum atomic E-state index is -3.04. The van der Waals surface area contributed by atoms with E-state index in [1.165, 1.54) is 12.1 Å². The Hall–Kier alpha value is -2.57. The Kier molecular flexibility index (Phi) is 4.77. The molecule has 4 rings (SSSR count). The van der Waals surface area contributed by atoms with E-state index in [1.54, 1.807) is 35.5 Å². The van der Waals surface area contributed by atoms with Crippen LogP contribution in [0.5, 0.6) is 0 Å². The topological polar surface area (TPSA) is 43.6 Å². The quantitative estimate of drug-likeness (QED) is 0.410. The Labute approximate surface area is 169 Å². The van der Waals surface area contributed by atoms with Crippen LogP contribution < -0.4 is 0 Å². The zero-order valence-corrected chi connectivity index (χ0v) is 16.2. The molecule has 0 aliphatic heterocycles. The van der Waals surface area contributed by atoms with Gasteiger partial charge in [-0.2, -0.15) is 5.10 Å². The average molecular weight is 419 g/mol. The molecule has 1 aromatic carbocycles. The lowest BCUT2D eigenvalue weighted by molar-refractivity contribution is 0.0176. The molecule has 3 aromatic heterocycles. The minimum absolute atomic E-state index is 0.0313. The van der Waals surface area contributed by atoms with E-state index in [0.717, 1.165) is 18.0 Å². The maximum atomic E-state index is 13.8. The number of hydrogen-bond acceptors (Lipinski definition) is 3. The van der Waals surface area contributed by atoms with Crippen LogP contribution in [0.25, 0.3) is 22.2 Å². The summed E-state index contributed by atoms with van der Waals surface area (Å²) in [5, 5.41) is 4.94. The number of alkyl halides is 2. The summed E-state index contributed by atoms with van der Waals surface area (Å²) in [4.78, 5) is 8.48. The van der Waals surface area contributed by atoms with Gasteiger partial charge in [0.05, 0.1) is 23.3 Å². The molecule has 0 radical (unpaired) electrons. The summed E-state index contributed by atoms with van der Waals surface area (Å²) in [6, 6.07) is 8.25. The van der Waals surface area contributed by atoms with Crippen LogP contribution in [0, 0.1) is 0 Å². The maximum Gasteiger partial charge on any atom is 0.271 e. The number of aromatic nitrogens is 4. The van der Waals surface area contributed by atoms with Crippen molar-refractivity contribution in [1.82, 2.24) is 19.7 Å². The summed E-state index contributed by atoms with van der Waals surface area (Å²) in [7, 11) is 0. The molecule has 0 aliphatic rings. The van der Waals surface area contributed by atoms with E-state index in [0.29, 0.717) is 28.2 Å². The predicted molar refractivity (Wildman–Crippen MR) is 106 cm³/mol. The zero-order valence-electron chi connectivity index (χ0n) is 14.7. The van der Waals surface area contributed by atoms with Crippen molar-refractivity contribution in [3.63, 3.8) is 0 Å². The molecule has 0 fully saturated rings. The van der Waals surface area contributed by atoms with Crippen molar-refractivity contribution in [3.8, 4) is 11.1 Å². The van der Waals surface area contributed by atoms with E-state index in [9.17, 15) is 8.78 Å². The van der Waals surface area contributed by atoms with Crippen LogP contribution in [0.3, 0.4) is 0 Å². The third-order valence-corrected chi connectivity index (χ3v) is 4.90. The fourth-order valence-electron chi connectivity index (χ4n) is 3.00. The molecule has 0 spiro atoms. The van der Waals surface area contributed by atoms with E-state index >= 15 is 0 Å². The van der Waals surface area contributed by atoms with Crippen molar-refractivity contribution in [3.05, 3.63) is 76.3 Å². The highest BCUT2D eigenvalue weighted by atomic mass is 35.5. The lowest BCUT2D eigenvalue weighted by atomic mass is 10.0. The van der Waals surface area contributed by atoms with Gasteiger partial charge in [-0.25, -0.2) is 8.78 Å². The van der Waals surface area contributed by atoms with E-state index in [1.807, 2.05) is 12.1 Å². The van der Waals surface area contributed by atoms with Crippen molar-refractivity contribution in [1.29, 1.82) is 0 Å². The second-order valence-electron chi connectivity index (χ2n) is 6.52. The monoisotopic (exact) mass is 418 g/mol. The third-order valence-electron chi connectivity index (χ3n) is 4.36. The Morgan fingerprint density at radius 2 is 1.82 bits per heavy atom. The highest BCUT2D eigenvalue weighted by molar-refractivity contribution is 6.31. The van der Waals surface area contributed by atoms with Gasteiger partial charge in [-0.15, -0.1) is 0 Å². The molecule has 0 unspecified atom stereocenters. The lowest BCUT2D eigenvalue weighted by Crippen LogP contribution is -2.08. The first kappa shape index (κ1) is 18.8. The SMILES string of the molecule is CC(F)(F)c1cc(-c2cnc3cnn(Cc4cncc(Cl)c4)c3c2)ccc1Cl. The normalized spacial score (nSPS) is 11.9. The second kappa shape index (κ2) is 7.11. The number of fused-ring (bicyclic) bond motifs is 1. The summed E-state index contributed by atoms with van der Waals surface area (Å²) < 4.78 is 29.4. The molecular formula is C20H14Cl2F2N4. The summed E-state index contributed by atoms with van der Waals surface area (Å²) in [6.45, 7) is 1.29. The molecule has 0 bridgehead atoms. The van der Waals surface area contributed by atoms with E-state index in [-0.39, 0.29) is 10.6 Å². The van der Waals surface area contributed by atoms with Crippen LogP contribution >= 0.6 is 23.2 Å². The zero-order chi connectivity index (χ0) is 19.9. The highest BCUT2D eigenvalue weighted by Crippen LogP contribution is 2.36. The molecule has 0 saturated heterocycles. The predicted octanol–water partition coefficient (Wildman–Crippen LogP) is 5.96. The first-order valence-corrected chi connectivity index (χ1v) is 9.16. The van der Waals surface area contributed by atoms with Crippen molar-refractivity contribution in [2.75, 3.05) is 0 Å². The molecule has 4 aromatic rings. The van der Waals surface area contributed by atoms with Crippen molar-refractivity contribution >= 4 is 34.2 Å².